The zero-order chi connectivity index (χ0) is 21.0. The molecule has 6 nitrogen and oxygen atoms in total. The lowest BCUT2D eigenvalue weighted by Crippen LogP contribution is -2.44. The molecule has 2 saturated heterocycles. The van der Waals surface area contributed by atoms with Gasteiger partial charge in [0.25, 0.3) is 5.91 Å². The summed E-state index contributed by atoms with van der Waals surface area (Å²) in [5.41, 5.74) is 2.98. The van der Waals surface area contributed by atoms with E-state index in [1.54, 1.807) is 12.3 Å². The molecule has 0 aliphatic carbocycles. The number of piperidine rings is 2. The average molecular weight is 419 g/mol. The molecule has 2 aliphatic rings. The quantitative estimate of drug-likeness (QED) is 0.672. The third-order valence-electron chi connectivity index (χ3n) is 6.57. The fourth-order valence-corrected chi connectivity index (χ4v) is 4.77. The number of pyridine rings is 1. The van der Waals surface area contributed by atoms with Crippen molar-refractivity contribution in [2.45, 2.75) is 44.7 Å². The summed E-state index contributed by atoms with van der Waals surface area (Å²) in [6.07, 6.45) is 8.80. The second-order valence-electron chi connectivity index (χ2n) is 8.67. The summed E-state index contributed by atoms with van der Waals surface area (Å²) in [4.78, 5) is 22.0. The summed E-state index contributed by atoms with van der Waals surface area (Å²) in [6, 6.07) is 12.8. The molecular weight excluding hydrogens is 388 g/mol. The highest BCUT2D eigenvalue weighted by molar-refractivity contribution is 5.93. The number of hydrogen-bond acceptors (Lipinski definition) is 5. The molecule has 0 spiro atoms. The SMILES string of the molecule is O=C(c1ccoc1)N1CCC(NCc2cc3ccccc3nc2N2CCCCC2)CC1. The first kappa shape index (κ1) is 20.1. The lowest BCUT2D eigenvalue weighted by atomic mass is 10.0. The largest absolute Gasteiger partial charge is 0.472 e. The van der Waals surface area contributed by atoms with Crippen LogP contribution in [0.15, 0.2) is 53.3 Å². The van der Waals surface area contributed by atoms with Gasteiger partial charge in [-0.15, -0.1) is 0 Å². The smallest absolute Gasteiger partial charge is 0.257 e. The van der Waals surface area contributed by atoms with E-state index in [2.05, 4.69) is 40.5 Å². The van der Waals surface area contributed by atoms with Crippen molar-refractivity contribution in [3.05, 3.63) is 60.1 Å². The maximum Gasteiger partial charge on any atom is 0.257 e. The summed E-state index contributed by atoms with van der Waals surface area (Å²) in [6.45, 7) is 4.54. The first-order valence-electron chi connectivity index (χ1n) is 11.5. The molecule has 0 bridgehead atoms. The van der Waals surface area contributed by atoms with Gasteiger partial charge in [-0.3, -0.25) is 4.79 Å². The van der Waals surface area contributed by atoms with Gasteiger partial charge in [-0.2, -0.15) is 0 Å². The monoisotopic (exact) mass is 418 g/mol. The topological polar surface area (TPSA) is 61.6 Å². The molecule has 0 saturated carbocycles. The summed E-state index contributed by atoms with van der Waals surface area (Å²) in [5, 5.41) is 4.95. The molecule has 162 valence electrons. The molecule has 2 aromatic heterocycles. The number of likely N-dealkylation sites (tertiary alicyclic amines) is 1. The predicted molar refractivity (Wildman–Crippen MR) is 122 cm³/mol. The van der Waals surface area contributed by atoms with Crippen molar-refractivity contribution in [2.24, 2.45) is 0 Å². The van der Waals surface area contributed by atoms with E-state index in [9.17, 15) is 4.79 Å². The Morgan fingerprint density at radius 2 is 1.87 bits per heavy atom. The number of fused-ring (bicyclic) bond motifs is 1. The van der Waals surface area contributed by atoms with Crippen molar-refractivity contribution >= 4 is 22.6 Å². The first-order valence-corrected chi connectivity index (χ1v) is 11.5. The highest BCUT2D eigenvalue weighted by Crippen LogP contribution is 2.27. The molecule has 0 radical (unpaired) electrons. The van der Waals surface area contributed by atoms with Gasteiger partial charge in [-0.1, -0.05) is 18.2 Å². The van der Waals surface area contributed by atoms with Gasteiger partial charge in [-0.25, -0.2) is 4.98 Å². The Hall–Kier alpha value is -2.86. The number of hydrogen-bond donors (Lipinski definition) is 1. The zero-order valence-corrected chi connectivity index (χ0v) is 17.9. The Bertz CT molecular complexity index is 1020. The van der Waals surface area contributed by atoms with E-state index in [1.807, 2.05) is 4.90 Å². The van der Waals surface area contributed by atoms with Crippen molar-refractivity contribution < 1.29 is 9.21 Å². The number of nitrogens with zero attached hydrogens (tertiary/aromatic N) is 3. The fraction of sp³-hybridized carbons (Fsp3) is 0.440. The van der Waals surface area contributed by atoms with E-state index in [1.165, 1.54) is 36.5 Å². The third kappa shape index (κ3) is 4.44. The molecule has 1 aromatic carbocycles. The van der Waals surface area contributed by atoms with Gasteiger partial charge in [0, 0.05) is 49.7 Å². The minimum atomic E-state index is 0.0679. The van der Waals surface area contributed by atoms with Crippen LogP contribution in [0.3, 0.4) is 0 Å². The van der Waals surface area contributed by atoms with Gasteiger partial charge < -0.3 is 19.5 Å². The molecule has 4 heterocycles. The van der Waals surface area contributed by atoms with E-state index in [-0.39, 0.29) is 5.91 Å². The lowest BCUT2D eigenvalue weighted by molar-refractivity contribution is 0.0704. The van der Waals surface area contributed by atoms with Crippen LogP contribution < -0.4 is 10.2 Å². The summed E-state index contributed by atoms with van der Waals surface area (Å²) < 4.78 is 5.06. The number of carbonyl (C=O) groups excluding carboxylic acids is 1. The zero-order valence-electron chi connectivity index (χ0n) is 17.9. The summed E-state index contributed by atoms with van der Waals surface area (Å²) in [5.74, 6) is 1.21. The van der Waals surface area contributed by atoms with Gasteiger partial charge in [0.1, 0.15) is 12.1 Å². The van der Waals surface area contributed by atoms with E-state index in [0.29, 0.717) is 11.6 Å². The average Bonchev–Trinajstić information content (AvgIpc) is 3.38. The van der Waals surface area contributed by atoms with Crippen molar-refractivity contribution in [1.82, 2.24) is 15.2 Å². The fourth-order valence-electron chi connectivity index (χ4n) is 4.77. The van der Waals surface area contributed by atoms with Crippen LogP contribution in [-0.2, 0) is 6.54 Å². The van der Waals surface area contributed by atoms with Crippen molar-refractivity contribution in [1.29, 1.82) is 0 Å². The van der Waals surface area contributed by atoms with Crippen molar-refractivity contribution in [2.75, 3.05) is 31.1 Å². The van der Waals surface area contributed by atoms with E-state index in [4.69, 9.17) is 9.40 Å². The van der Waals surface area contributed by atoms with Crippen LogP contribution in [0, 0.1) is 0 Å². The Balaban J connectivity index is 1.26. The van der Waals surface area contributed by atoms with Crippen LogP contribution in [-0.4, -0.2) is 48.0 Å². The Kier molecular flexibility index (Phi) is 5.89. The van der Waals surface area contributed by atoms with E-state index in [0.717, 1.165) is 56.9 Å². The molecular formula is C25H30N4O2. The van der Waals surface area contributed by atoms with Gasteiger partial charge in [0.05, 0.1) is 17.3 Å². The van der Waals surface area contributed by atoms with Gasteiger partial charge in [0.15, 0.2) is 0 Å². The molecule has 1 amide bonds. The minimum Gasteiger partial charge on any atom is -0.472 e. The van der Waals surface area contributed by atoms with Crippen LogP contribution in [0.1, 0.15) is 48.0 Å². The Labute approximate surface area is 183 Å². The predicted octanol–water partition coefficient (Wildman–Crippen LogP) is 4.21. The number of amides is 1. The Morgan fingerprint density at radius 1 is 1.06 bits per heavy atom. The molecule has 3 aromatic rings. The summed E-state index contributed by atoms with van der Waals surface area (Å²) >= 11 is 0. The molecule has 31 heavy (non-hydrogen) atoms. The normalized spacial score (nSPS) is 17.9. The van der Waals surface area contributed by atoms with Gasteiger partial charge >= 0.3 is 0 Å². The second-order valence-corrected chi connectivity index (χ2v) is 8.67. The molecule has 2 fully saturated rings. The molecule has 6 heteroatoms. The number of nitrogens with one attached hydrogen (secondary N) is 1. The molecule has 1 N–H and O–H groups in total. The number of carbonyl (C=O) groups is 1. The third-order valence-corrected chi connectivity index (χ3v) is 6.57. The van der Waals surface area contributed by atoms with Crippen molar-refractivity contribution in [3.8, 4) is 0 Å². The number of aromatic nitrogens is 1. The van der Waals surface area contributed by atoms with Gasteiger partial charge in [0.2, 0.25) is 0 Å². The van der Waals surface area contributed by atoms with Crippen LogP contribution in [0.4, 0.5) is 5.82 Å². The Morgan fingerprint density at radius 3 is 2.65 bits per heavy atom. The molecule has 2 aliphatic heterocycles. The first-order chi connectivity index (χ1) is 15.3. The highest BCUT2D eigenvalue weighted by atomic mass is 16.3. The number of anilines is 1. The summed E-state index contributed by atoms with van der Waals surface area (Å²) in [7, 11) is 0. The minimum absolute atomic E-state index is 0.0679. The number of furan rings is 1. The number of para-hydroxylation sites is 1. The number of rotatable bonds is 5. The van der Waals surface area contributed by atoms with Gasteiger partial charge in [-0.05, 0) is 50.3 Å². The number of benzene rings is 1. The van der Waals surface area contributed by atoms with Crippen LogP contribution >= 0.6 is 0 Å². The second kappa shape index (κ2) is 9.10. The van der Waals surface area contributed by atoms with E-state index < -0.39 is 0 Å². The standard InChI is InChI=1S/C25H30N4O2/c30-25(20-10-15-31-18-20)29-13-8-22(9-14-29)26-17-21-16-19-6-2-3-7-23(19)27-24(21)28-11-4-1-5-12-28/h2-3,6-7,10,15-16,18,22,26H,1,4-5,8-9,11-14,17H2. The maximum atomic E-state index is 12.5. The maximum absolute atomic E-state index is 12.5. The van der Waals surface area contributed by atoms with Crippen LogP contribution in [0.5, 0.6) is 0 Å². The molecule has 0 unspecified atom stereocenters. The highest BCUT2D eigenvalue weighted by Gasteiger charge is 2.24. The van der Waals surface area contributed by atoms with Crippen LogP contribution in [0.2, 0.25) is 0 Å². The van der Waals surface area contributed by atoms with E-state index >= 15 is 0 Å². The molecule has 5 rings (SSSR count). The lowest BCUT2D eigenvalue weighted by Gasteiger charge is -2.33. The molecule has 0 atom stereocenters. The van der Waals surface area contributed by atoms with Crippen LogP contribution in [0.25, 0.3) is 10.9 Å². The van der Waals surface area contributed by atoms with Crippen molar-refractivity contribution in [3.63, 3.8) is 0 Å².